The molecule has 0 aliphatic carbocycles. The maximum atomic E-state index is 12.8. The average Bonchev–Trinajstić information content (AvgIpc) is 3.32. The lowest BCUT2D eigenvalue weighted by Crippen LogP contribution is -2.37. The molecule has 0 saturated heterocycles. The molecule has 8 nitrogen and oxygen atoms in total. The molecule has 406 valence electrons. The Hall–Kier alpha value is -2.32. The molecule has 0 aliphatic rings. The van der Waals surface area contributed by atoms with Crippen molar-refractivity contribution in [3.8, 4) is 0 Å². The SMILES string of the molecule is CC/C=C\C/C=C\C/C=C\C/C=C\C/C=C\C/C=C\C/C=C\CCCCCCOCC(COP(=O)(O)OCC[N+](C)(C)C)OC(=O)CCCCCCCCCCCCCCCCCCCCCCCC. The minimum absolute atomic E-state index is 0.0804. The van der Waals surface area contributed by atoms with E-state index in [0.29, 0.717) is 24.1 Å². The second kappa shape index (κ2) is 53.0. The molecule has 0 bridgehead atoms. The van der Waals surface area contributed by atoms with Gasteiger partial charge in [-0.1, -0.05) is 247 Å². The maximum Gasteiger partial charge on any atom is 0.472 e. The Morgan fingerprint density at radius 3 is 1.24 bits per heavy atom. The van der Waals surface area contributed by atoms with Gasteiger partial charge in [0.1, 0.15) is 19.3 Å². The molecule has 0 amide bonds. The van der Waals surface area contributed by atoms with Gasteiger partial charge in [-0.05, 0) is 70.6 Å². The number of carbonyl (C=O) groups excluding carboxylic acids is 1. The van der Waals surface area contributed by atoms with Gasteiger partial charge in [0.25, 0.3) is 0 Å². The van der Waals surface area contributed by atoms with E-state index in [0.717, 1.165) is 96.3 Å². The highest BCUT2D eigenvalue weighted by atomic mass is 31.2. The van der Waals surface area contributed by atoms with Gasteiger partial charge in [-0.15, -0.1) is 0 Å². The van der Waals surface area contributed by atoms with Crippen LogP contribution >= 0.6 is 7.82 Å². The van der Waals surface area contributed by atoms with Crippen LogP contribution in [-0.4, -0.2) is 75.6 Å². The van der Waals surface area contributed by atoms with Gasteiger partial charge in [0, 0.05) is 13.0 Å². The zero-order chi connectivity index (χ0) is 51.2. The largest absolute Gasteiger partial charge is 0.472 e. The fourth-order valence-corrected chi connectivity index (χ4v) is 8.57. The van der Waals surface area contributed by atoms with Gasteiger partial charge >= 0.3 is 13.8 Å². The molecule has 9 heteroatoms. The molecule has 70 heavy (non-hydrogen) atoms. The van der Waals surface area contributed by atoms with E-state index in [1.54, 1.807) is 0 Å². The first-order chi connectivity index (χ1) is 34.1. The number of hydrogen-bond acceptors (Lipinski definition) is 6. The monoisotopic (exact) mass is 1000 g/mol. The van der Waals surface area contributed by atoms with Gasteiger partial charge < -0.3 is 18.9 Å². The molecule has 0 radical (unpaired) electrons. The van der Waals surface area contributed by atoms with E-state index in [4.69, 9.17) is 18.5 Å². The summed E-state index contributed by atoms with van der Waals surface area (Å²) in [4.78, 5) is 23.1. The van der Waals surface area contributed by atoms with Crippen molar-refractivity contribution in [3.63, 3.8) is 0 Å². The summed E-state index contributed by atoms with van der Waals surface area (Å²) in [5.74, 6) is -0.321. The quantitative estimate of drug-likeness (QED) is 0.0213. The molecule has 0 spiro atoms. The van der Waals surface area contributed by atoms with Crippen LogP contribution in [0.5, 0.6) is 0 Å². The zero-order valence-corrected chi connectivity index (χ0v) is 47.1. The molecule has 0 saturated carbocycles. The van der Waals surface area contributed by atoms with Crippen LogP contribution in [-0.2, 0) is 27.9 Å². The predicted octanol–water partition coefficient (Wildman–Crippen LogP) is 18.3. The van der Waals surface area contributed by atoms with Crippen molar-refractivity contribution >= 4 is 13.8 Å². The van der Waals surface area contributed by atoms with Gasteiger partial charge in [-0.2, -0.15) is 0 Å². The topological polar surface area (TPSA) is 91.3 Å². The number of ether oxygens (including phenoxy) is 2. The number of phosphoric acid groups is 1. The molecule has 0 rings (SSSR count). The molecule has 0 aromatic carbocycles. The predicted molar refractivity (Wildman–Crippen MR) is 302 cm³/mol. The van der Waals surface area contributed by atoms with Gasteiger partial charge in [-0.3, -0.25) is 13.8 Å². The van der Waals surface area contributed by atoms with Crippen LogP contribution in [0.25, 0.3) is 0 Å². The molecule has 0 aliphatic heterocycles. The van der Waals surface area contributed by atoms with Crippen LogP contribution in [0.4, 0.5) is 0 Å². The van der Waals surface area contributed by atoms with Crippen molar-refractivity contribution in [2.45, 2.75) is 245 Å². The number of unbranched alkanes of at least 4 members (excludes halogenated alkanes) is 25. The van der Waals surface area contributed by atoms with Crippen LogP contribution in [0.2, 0.25) is 0 Å². The van der Waals surface area contributed by atoms with E-state index in [9.17, 15) is 14.3 Å². The van der Waals surface area contributed by atoms with E-state index >= 15 is 0 Å². The van der Waals surface area contributed by atoms with Gasteiger partial charge in [-0.25, -0.2) is 4.57 Å². The normalized spacial score (nSPS) is 14.1. The first-order valence-electron chi connectivity index (χ1n) is 28.8. The Bertz CT molecular complexity index is 1390. The highest BCUT2D eigenvalue weighted by Gasteiger charge is 2.26. The number of allylic oxidation sites excluding steroid dienone is 14. The average molecular weight is 1000 g/mol. The minimum Gasteiger partial charge on any atom is -0.457 e. The molecular formula is C61H111NO7P+. The van der Waals surface area contributed by atoms with E-state index < -0.39 is 13.9 Å². The van der Waals surface area contributed by atoms with Gasteiger partial charge in [0.2, 0.25) is 0 Å². The second-order valence-electron chi connectivity index (χ2n) is 20.3. The molecule has 0 aromatic heterocycles. The number of esters is 1. The van der Waals surface area contributed by atoms with Crippen LogP contribution < -0.4 is 0 Å². The number of rotatable bonds is 53. The Morgan fingerprint density at radius 2 is 0.829 bits per heavy atom. The lowest BCUT2D eigenvalue weighted by Gasteiger charge is -2.24. The molecule has 0 aromatic rings. The molecule has 2 atom stereocenters. The highest BCUT2D eigenvalue weighted by Crippen LogP contribution is 2.43. The van der Waals surface area contributed by atoms with Crippen LogP contribution in [0, 0.1) is 0 Å². The Balaban J connectivity index is 4.15. The number of likely N-dealkylation sites (N-methyl/N-ethyl adjacent to an activating group) is 1. The first kappa shape index (κ1) is 67.7. The Morgan fingerprint density at radius 1 is 0.457 bits per heavy atom. The summed E-state index contributed by atoms with van der Waals surface area (Å²) in [6, 6.07) is 0. The lowest BCUT2D eigenvalue weighted by atomic mass is 10.0. The second-order valence-corrected chi connectivity index (χ2v) is 21.8. The van der Waals surface area contributed by atoms with E-state index in [1.165, 1.54) is 122 Å². The third-order valence-corrected chi connectivity index (χ3v) is 13.2. The minimum atomic E-state index is -4.30. The summed E-state index contributed by atoms with van der Waals surface area (Å²) >= 11 is 0. The fraction of sp³-hybridized carbons (Fsp3) is 0.754. The Labute approximate surface area is 433 Å². The molecule has 2 unspecified atom stereocenters. The summed E-state index contributed by atoms with van der Waals surface area (Å²) < 4.78 is 35.2. The molecule has 0 fully saturated rings. The van der Waals surface area contributed by atoms with E-state index in [2.05, 4.69) is 98.9 Å². The lowest BCUT2D eigenvalue weighted by molar-refractivity contribution is -0.870. The summed E-state index contributed by atoms with van der Waals surface area (Å²) in [5, 5.41) is 0. The molecule has 0 heterocycles. The summed E-state index contributed by atoms with van der Waals surface area (Å²) in [6.45, 7) is 5.47. The highest BCUT2D eigenvalue weighted by molar-refractivity contribution is 7.47. The van der Waals surface area contributed by atoms with E-state index in [1.807, 2.05) is 21.1 Å². The first-order valence-corrected chi connectivity index (χ1v) is 30.3. The summed E-state index contributed by atoms with van der Waals surface area (Å²) in [6.07, 6.45) is 72.2. The van der Waals surface area contributed by atoms with Crippen molar-refractivity contribution in [2.24, 2.45) is 0 Å². The van der Waals surface area contributed by atoms with Crippen molar-refractivity contribution in [3.05, 3.63) is 85.1 Å². The number of quaternary nitrogens is 1. The standard InChI is InChI=1S/C61H110NO7P/c1-6-8-10-12-14-16-18-20-22-24-26-28-30-31-32-33-35-37-39-41-43-45-47-49-51-53-56-66-58-60(59-68-70(64,65)67-57-55-62(3,4)5)69-61(63)54-52-50-48-46-44-42-40-38-36-34-29-27-25-23-21-19-17-15-13-11-9-7-2/h8,10,14,16,20,22,26,28,31-32,35,37,41,43,60H,6-7,9,11-13,15,17-19,21,23-25,27,29-30,33-34,36,38-40,42,44-59H2,1-5H3/p+1/b10-8-,16-14-,22-20-,28-26-,32-31-,37-35-,43-41-. The Kier molecular flexibility index (Phi) is 51.2. The van der Waals surface area contributed by atoms with Crippen LogP contribution in [0.3, 0.4) is 0 Å². The molecule has 1 N–H and O–H groups in total. The van der Waals surface area contributed by atoms with E-state index in [-0.39, 0.29) is 25.8 Å². The van der Waals surface area contributed by atoms with Crippen LogP contribution in [0.15, 0.2) is 85.1 Å². The number of hydrogen-bond donors (Lipinski definition) is 1. The maximum absolute atomic E-state index is 12.8. The van der Waals surface area contributed by atoms with Crippen LogP contribution in [0.1, 0.15) is 239 Å². The summed E-state index contributed by atoms with van der Waals surface area (Å²) in [5.41, 5.74) is 0. The van der Waals surface area contributed by atoms with Crippen molar-refractivity contribution in [1.29, 1.82) is 0 Å². The number of phosphoric ester groups is 1. The summed E-state index contributed by atoms with van der Waals surface area (Å²) in [7, 11) is 1.65. The zero-order valence-electron chi connectivity index (χ0n) is 46.2. The van der Waals surface area contributed by atoms with Crippen molar-refractivity contribution in [2.75, 3.05) is 54.1 Å². The van der Waals surface area contributed by atoms with Gasteiger partial charge in [0.15, 0.2) is 0 Å². The third-order valence-electron chi connectivity index (χ3n) is 12.2. The number of carbonyl (C=O) groups is 1. The smallest absolute Gasteiger partial charge is 0.457 e. The fourth-order valence-electron chi connectivity index (χ4n) is 7.83. The third kappa shape index (κ3) is 56.6. The molecular weight excluding hydrogens is 890 g/mol. The van der Waals surface area contributed by atoms with Crippen molar-refractivity contribution in [1.82, 2.24) is 0 Å². The van der Waals surface area contributed by atoms with Crippen molar-refractivity contribution < 1.29 is 37.3 Å². The van der Waals surface area contributed by atoms with Gasteiger partial charge in [0.05, 0.1) is 34.4 Å². The number of nitrogens with zero attached hydrogens (tertiary/aromatic N) is 1.